The molecule has 0 aliphatic carbocycles. The van der Waals surface area contributed by atoms with Crippen molar-refractivity contribution >= 4 is 62.2 Å². The Morgan fingerprint density at radius 2 is 1.29 bits per heavy atom. The van der Waals surface area contributed by atoms with Crippen molar-refractivity contribution in [2.45, 2.75) is 0 Å². The van der Waals surface area contributed by atoms with Gasteiger partial charge < -0.3 is 9.59 Å². The molecule has 2 N–H and O–H groups in total. The molecule has 0 amide bonds. The molecule has 0 saturated heterocycles. The zero-order chi connectivity index (χ0) is 3.58. The second kappa shape index (κ2) is 15.7. The fourth-order valence-electron chi connectivity index (χ4n) is 0. The first-order chi connectivity index (χ1) is 1.73. The van der Waals surface area contributed by atoms with Crippen LogP contribution in [-0.4, -0.2) is 71.8 Å². The second-order valence-electron chi connectivity index (χ2n) is 0.283. The molecule has 7 heavy (non-hydrogen) atoms. The van der Waals surface area contributed by atoms with Crippen LogP contribution in [0.4, 0.5) is 0 Å². The topological polar surface area (TPSA) is 57.5 Å². The van der Waals surface area contributed by atoms with E-state index >= 15 is 0 Å². The van der Waals surface area contributed by atoms with E-state index in [9.17, 15) is 0 Å². The molecule has 0 spiro atoms. The average molecular weight is 328 g/mol. The summed E-state index contributed by atoms with van der Waals surface area (Å²) in [5.74, 6) is 0. The third-order valence-electron chi connectivity index (χ3n) is 0. The number of hydrogen-bond acceptors (Lipinski definition) is 1. The standard InChI is InChI=1S/Al.B.H2O3Si.Pb.5H/c;;1-4(2)3;;;;;;/h;;1-2H;;;;;;. The van der Waals surface area contributed by atoms with Gasteiger partial charge in [-0.25, -0.2) is 0 Å². The van der Waals surface area contributed by atoms with Crippen LogP contribution in [0.1, 0.15) is 0 Å². The van der Waals surface area contributed by atoms with Crippen molar-refractivity contribution in [1.82, 2.24) is 0 Å². The van der Waals surface area contributed by atoms with Gasteiger partial charge in [0.1, 0.15) is 0 Å². The molecule has 0 aliphatic heterocycles. The molecule has 0 rings (SSSR count). The first kappa shape index (κ1) is 24.2. The Morgan fingerprint density at radius 1 is 1.29 bits per heavy atom. The first-order valence-electron chi connectivity index (χ1n) is 0.651. The second-order valence-corrected chi connectivity index (χ2v) is 0.848. The van der Waals surface area contributed by atoms with Crippen molar-refractivity contribution in [3.05, 3.63) is 0 Å². The Kier molecular flexibility index (Phi) is 54.3. The van der Waals surface area contributed by atoms with Crippen molar-refractivity contribution in [2.24, 2.45) is 0 Å². The summed E-state index contributed by atoms with van der Waals surface area (Å²) in [7, 11) is -3.13. The first-order valence-corrected chi connectivity index (χ1v) is 1.95. The van der Waals surface area contributed by atoms with Gasteiger partial charge >= 0.3 is 36.5 Å². The van der Waals surface area contributed by atoms with Crippen molar-refractivity contribution in [2.75, 3.05) is 0 Å². The van der Waals surface area contributed by atoms with Crippen molar-refractivity contribution < 1.29 is 14.1 Å². The summed E-state index contributed by atoms with van der Waals surface area (Å²) < 4.78 is 8.74. The van der Waals surface area contributed by atoms with E-state index in [2.05, 4.69) is 0 Å². The van der Waals surface area contributed by atoms with Gasteiger partial charge in [-0.1, -0.05) is 0 Å². The minimum absolute atomic E-state index is 0. The van der Waals surface area contributed by atoms with Crippen LogP contribution in [0, 0.1) is 0 Å². The van der Waals surface area contributed by atoms with E-state index in [-0.39, 0.29) is 53.1 Å². The maximum atomic E-state index is 8.74. The van der Waals surface area contributed by atoms with E-state index in [1.807, 2.05) is 0 Å². The van der Waals surface area contributed by atoms with Gasteiger partial charge in [-0.3, -0.25) is 4.46 Å². The number of hydrogen-bond donors (Lipinski definition) is 2. The van der Waals surface area contributed by atoms with E-state index in [0.29, 0.717) is 0 Å². The van der Waals surface area contributed by atoms with E-state index in [1.54, 1.807) is 0 Å². The van der Waals surface area contributed by atoms with Crippen LogP contribution < -0.4 is 0 Å². The molecular weight excluding hydrogens is 321 g/mol. The van der Waals surface area contributed by atoms with Crippen LogP contribution in [0.25, 0.3) is 0 Å². The van der Waals surface area contributed by atoms with Gasteiger partial charge in [-0.2, -0.15) is 0 Å². The van der Waals surface area contributed by atoms with Crippen LogP contribution in [0.5, 0.6) is 0 Å². The van der Waals surface area contributed by atoms with E-state index in [1.165, 1.54) is 0 Å². The molecule has 0 aromatic carbocycles. The summed E-state index contributed by atoms with van der Waals surface area (Å²) in [5, 5.41) is 0. The summed E-state index contributed by atoms with van der Waals surface area (Å²) in [4.78, 5) is 14.3. The molecule has 3 nitrogen and oxygen atoms in total. The van der Waals surface area contributed by atoms with Gasteiger partial charge in [0.2, 0.25) is 0 Å². The summed E-state index contributed by atoms with van der Waals surface area (Å²) in [6, 6.07) is 0. The molecule has 0 aliphatic rings. The molecule has 0 bridgehead atoms. The molecule has 7 heteroatoms. The molecule has 0 heterocycles. The summed E-state index contributed by atoms with van der Waals surface area (Å²) in [6.07, 6.45) is 0. The Hall–Kier alpha value is 1.14. The number of rotatable bonds is 0. The zero-order valence-corrected chi connectivity index (χ0v) is 9.58. The third kappa shape index (κ3) is 146. The van der Waals surface area contributed by atoms with Gasteiger partial charge in [-0.05, 0) is 0 Å². The summed E-state index contributed by atoms with van der Waals surface area (Å²) in [6.45, 7) is 0. The van der Waals surface area contributed by atoms with Gasteiger partial charge in [0.15, 0.2) is 17.4 Å². The molecular formula is H7AlBO3PbSi. The zero-order valence-electron chi connectivity index (χ0n) is 3.09. The van der Waals surface area contributed by atoms with E-state index in [4.69, 9.17) is 14.1 Å². The van der Waals surface area contributed by atoms with Gasteiger partial charge in [-0.15, -0.1) is 0 Å². The average Bonchev–Trinajstić information content (AvgIpc) is 0.811. The molecule has 0 aromatic rings. The summed E-state index contributed by atoms with van der Waals surface area (Å²) >= 11 is 0. The Bertz CT molecular complexity index is 37.9. The molecule has 39 valence electrons. The Morgan fingerprint density at radius 3 is 1.29 bits per heavy atom. The molecule has 0 fully saturated rings. The van der Waals surface area contributed by atoms with Crippen LogP contribution >= 0.6 is 0 Å². The van der Waals surface area contributed by atoms with Gasteiger partial charge in [0, 0.05) is 8.41 Å². The van der Waals surface area contributed by atoms with Crippen molar-refractivity contribution in [3.8, 4) is 0 Å². The quantitative estimate of drug-likeness (QED) is 0.445. The fourth-order valence-corrected chi connectivity index (χ4v) is 0. The van der Waals surface area contributed by atoms with Gasteiger partial charge in [0.05, 0.1) is 0 Å². The SMILES string of the molecule is O=[Si](O)O.[AlH3].[B].[PbH2]. The normalized spacial score (nSPS) is 3.43. The van der Waals surface area contributed by atoms with Gasteiger partial charge in [0.25, 0.3) is 0 Å². The Balaban J connectivity index is -0.0000000150. The van der Waals surface area contributed by atoms with Crippen LogP contribution in [0.2, 0.25) is 0 Å². The third-order valence-corrected chi connectivity index (χ3v) is 0. The molecule has 0 saturated carbocycles. The fraction of sp³-hybridized carbons (Fsp3) is 0. The maximum absolute atomic E-state index is 8.74. The molecule has 0 aromatic heterocycles. The predicted molar refractivity (Wildman–Crippen MR) is 35.1 cm³/mol. The monoisotopic (exact) mass is 329 g/mol. The van der Waals surface area contributed by atoms with Crippen LogP contribution in [-0.2, 0) is 4.46 Å². The van der Waals surface area contributed by atoms with Crippen LogP contribution in [0.15, 0.2) is 0 Å². The molecule has 0 atom stereocenters. The van der Waals surface area contributed by atoms with Crippen LogP contribution in [0.3, 0.4) is 0 Å². The van der Waals surface area contributed by atoms with Crippen molar-refractivity contribution in [3.63, 3.8) is 0 Å². The summed E-state index contributed by atoms with van der Waals surface area (Å²) in [5.41, 5.74) is 0. The molecule has 0 unspecified atom stereocenters. The predicted octanol–water partition coefficient (Wildman–Crippen LogP) is -4.09. The Labute approximate surface area is 75.9 Å². The van der Waals surface area contributed by atoms with E-state index in [0.717, 1.165) is 0 Å². The van der Waals surface area contributed by atoms with Crippen molar-refractivity contribution in [1.29, 1.82) is 0 Å². The van der Waals surface area contributed by atoms with E-state index < -0.39 is 9.17 Å². The molecule has 5 radical (unpaired) electrons. The minimum atomic E-state index is -3.13.